The van der Waals surface area contributed by atoms with E-state index in [1.54, 1.807) is 7.11 Å². The van der Waals surface area contributed by atoms with Crippen molar-refractivity contribution in [1.82, 2.24) is 5.32 Å². The third kappa shape index (κ3) is 10.4. The number of ether oxygens (including phenoxy) is 1. The minimum atomic E-state index is 0.816. The highest BCUT2D eigenvalue weighted by molar-refractivity contribution is 4.65. The normalized spacial score (nSPS) is 13.3. The van der Waals surface area contributed by atoms with Crippen molar-refractivity contribution in [1.29, 1.82) is 0 Å². The van der Waals surface area contributed by atoms with Crippen LogP contribution in [-0.4, -0.2) is 26.8 Å². The van der Waals surface area contributed by atoms with Crippen LogP contribution in [-0.2, 0) is 4.74 Å². The van der Waals surface area contributed by atoms with Crippen molar-refractivity contribution >= 4 is 0 Å². The Morgan fingerprint density at radius 2 is 1.94 bits per heavy atom. The van der Waals surface area contributed by atoms with Crippen molar-refractivity contribution in [3.8, 4) is 0 Å². The summed E-state index contributed by atoms with van der Waals surface area (Å²) in [5, 5.41) is 3.49. The van der Waals surface area contributed by atoms with Crippen molar-refractivity contribution < 1.29 is 4.74 Å². The van der Waals surface area contributed by atoms with E-state index in [1.165, 1.54) is 32.1 Å². The second-order valence-electron chi connectivity index (χ2n) is 5.19. The van der Waals surface area contributed by atoms with Crippen LogP contribution in [0.1, 0.15) is 52.9 Å². The summed E-state index contributed by atoms with van der Waals surface area (Å²) < 4.78 is 5.04. The second-order valence-corrected chi connectivity index (χ2v) is 5.19. The van der Waals surface area contributed by atoms with Crippen LogP contribution in [0.15, 0.2) is 0 Å². The molecule has 0 aliphatic rings. The van der Waals surface area contributed by atoms with Crippen LogP contribution in [0.5, 0.6) is 0 Å². The van der Waals surface area contributed by atoms with Gasteiger partial charge < -0.3 is 10.1 Å². The average molecular weight is 229 g/mol. The minimum Gasteiger partial charge on any atom is -0.383 e. The topological polar surface area (TPSA) is 21.3 Å². The maximum atomic E-state index is 5.04. The quantitative estimate of drug-likeness (QED) is 0.548. The molecule has 0 rings (SSSR count). The largest absolute Gasteiger partial charge is 0.383 e. The fraction of sp³-hybridized carbons (Fsp3) is 1.00. The van der Waals surface area contributed by atoms with Gasteiger partial charge in [0.05, 0.1) is 6.61 Å². The molecule has 0 heterocycles. The van der Waals surface area contributed by atoms with Crippen LogP contribution in [0.4, 0.5) is 0 Å². The second kappa shape index (κ2) is 11.4. The number of unbranched alkanes of at least 4 members (excludes halogenated alkanes) is 2. The SMILES string of the molecule is CCCCCC(CNCCOC)CC(C)C. The van der Waals surface area contributed by atoms with E-state index in [1.807, 2.05) is 0 Å². The highest BCUT2D eigenvalue weighted by atomic mass is 16.5. The van der Waals surface area contributed by atoms with Crippen LogP contribution in [0.2, 0.25) is 0 Å². The fourth-order valence-electron chi connectivity index (χ4n) is 2.13. The predicted octanol–water partition coefficient (Wildman–Crippen LogP) is 3.47. The van der Waals surface area contributed by atoms with Gasteiger partial charge in [0.1, 0.15) is 0 Å². The Morgan fingerprint density at radius 3 is 2.50 bits per heavy atom. The number of nitrogens with one attached hydrogen (secondary N) is 1. The van der Waals surface area contributed by atoms with Crippen LogP contribution >= 0.6 is 0 Å². The summed E-state index contributed by atoms with van der Waals surface area (Å²) in [5.41, 5.74) is 0. The Morgan fingerprint density at radius 1 is 1.19 bits per heavy atom. The van der Waals surface area contributed by atoms with Gasteiger partial charge >= 0.3 is 0 Å². The van der Waals surface area contributed by atoms with Gasteiger partial charge in [-0.3, -0.25) is 0 Å². The first-order valence-electron chi connectivity index (χ1n) is 6.90. The number of methoxy groups -OCH3 is 1. The molecule has 0 aliphatic heterocycles. The smallest absolute Gasteiger partial charge is 0.0587 e. The van der Waals surface area contributed by atoms with Gasteiger partial charge in [-0.05, 0) is 31.2 Å². The molecule has 16 heavy (non-hydrogen) atoms. The lowest BCUT2D eigenvalue weighted by Crippen LogP contribution is -2.27. The maximum Gasteiger partial charge on any atom is 0.0587 e. The van der Waals surface area contributed by atoms with Gasteiger partial charge in [0.2, 0.25) is 0 Å². The van der Waals surface area contributed by atoms with E-state index in [2.05, 4.69) is 26.1 Å². The molecule has 0 aromatic carbocycles. The Bertz CT molecular complexity index is 137. The molecule has 0 saturated heterocycles. The van der Waals surface area contributed by atoms with Crippen molar-refractivity contribution in [3.05, 3.63) is 0 Å². The molecular weight excluding hydrogens is 198 g/mol. The van der Waals surface area contributed by atoms with E-state index >= 15 is 0 Å². The maximum absolute atomic E-state index is 5.04. The van der Waals surface area contributed by atoms with Crippen LogP contribution in [0.25, 0.3) is 0 Å². The Labute approximate surface area is 102 Å². The van der Waals surface area contributed by atoms with Gasteiger partial charge in [0, 0.05) is 13.7 Å². The summed E-state index contributed by atoms with van der Waals surface area (Å²) in [4.78, 5) is 0. The van der Waals surface area contributed by atoms with Crippen molar-refractivity contribution in [2.45, 2.75) is 52.9 Å². The van der Waals surface area contributed by atoms with Gasteiger partial charge in [0.25, 0.3) is 0 Å². The molecule has 0 fully saturated rings. The van der Waals surface area contributed by atoms with Crippen LogP contribution < -0.4 is 5.32 Å². The summed E-state index contributed by atoms with van der Waals surface area (Å²) >= 11 is 0. The third-order valence-electron chi connectivity index (χ3n) is 2.94. The lowest BCUT2D eigenvalue weighted by atomic mass is 9.92. The van der Waals surface area contributed by atoms with E-state index in [9.17, 15) is 0 Å². The fourth-order valence-corrected chi connectivity index (χ4v) is 2.13. The van der Waals surface area contributed by atoms with Crippen LogP contribution in [0.3, 0.4) is 0 Å². The predicted molar refractivity (Wildman–Crippen MR) is 71.8 cm³/mol. The number of hydrogen-bond acceptors (Lipinski definition) is 2. The van der Waals surface area contributed by atoms with Gasteiger partial charge in [-0.25, -0.2) is 0 Å². The Kier molecular flexibility index (Phi) is 11.3. The zero-order valence-corrected chi connectivity index (χ0v) is 11.7. The van der Waals surface area contributed by atoms with Crippen molar-refractivity contribution in [2.75, 3.05) is 26.8 Å². The van der Waals surface area contributed by atoms with E-state index in [0.29, 0.717) is 0 Å². The monoisotopic (exact) mass is 229 g/mol. The first-order chi connectivity index (χ1) is 7.70. The van der Waals surface area contributed by atoms with Crippen molar-refractivity contribution in [3.63, 3.8) is 0 Å². The van der Waals surface area contributed by atoms with E-state index in [4.69, 9.17) is 4.74 Å². The molecule has 0 aromatic rings. The average Bonchev–Trinajstić information content (AvgIpc) is 2.23. The summed E-state index contributed by atoms with van der Waals surface area (Å²) in [6.07, 6.45) is 6.83. The molecule has 0 spiro atoms. The van der Waals surface area contributed by atoms with Gasteiger partial charge in [-0.2, -0.15) is 0 Å². The van der Waals surface area contributed by atoms with E-state index in [0.717, 1.165) is 31.5 Å². The first-order valence-corrected chi connectivity index (χ1v) is 6.90. The Hall–Kier alpha value is -0.0800. The summed E-state index contributed by atoms with van der Waals surface area (Å²) in [5.74, 6) is 1.67. The van der Waals surface area contributed by atoms with Gasteiger partial charge in [-0.1, -0.05) is 40.0 Å². The summed E-state index contributed by atoms with van der Waals surface area (Å²) in [7, 11) is 1.76. The number of rotatable bonds is 11. The highest BCUT2D eigenvalue weighted by Crippen LogP contribution is 2.17. The molecule has 1 unspecified atom stereocenters. The molecule has 0 saturated carbocycles. The zero-order chi connectivity index (χ0) is 12.2. The Balaban J connectivity index is 3.63. The molecule has 0 aliphatic carbocycles. The summed E-state index contributed by atoms with van der Waals surface area (Å²) in [6, 6.07) is 0. The molecule has 1 atom stereocenters. The lowest BCUT2D eigenvalue weighted by Gasteiger charge is -2.19. The van der Waals surface area contributed by atoms with Crippen LogP contribution in [0, 0.1) is 11.8 Å². The number of hydrogen-bond donors (Lipinski definition) is 1. The molecule has 0 aromatic heterocycles. The molecular formula is C14H31NO. The lowest BCUT2D eigenvalue weighted by molar-refractivity contribution is 0.196. The third-order valence-corrected chi connectivity index (χ3v) is 2.94. The van der Waals surface area contributed by atoms with E-state index in [-0.39, 0.29) is 0 Å². The minimum absolute atomic E-state index is 0.816. The molecule has 0 radical (unpaired) electrons. The van der Waals surface area contributed by atoms with E-state index < -0.39 is 0 Å². The van der Waals surface area contributed by atoms with Gasteiger partial charge in [0.15, 0.2) is 0 Å². The zero-order valence-electron chi connectivity index (χ0n) is 11.7. The molecule has 0 bridgehead atoms. The highest BCUT2D eigenvalue weighted by Gasteiger charge is 2.10. The van der Waals surface area contributed by atoms with Gasteiger partial charge in [-0.15, -0.1) is 0 Å². The molecule has 1 N–H and O–H groups in total. The first kappa shape index (κ1) is 15.9. The molecule has 98 valence electrons. The molecule has 0 amide bonds. The molecule has 2 nitrogen and oxygen atoms in total. The standard InChI is InChI=1S/C14H31NO/c1-5-6-7-8-14(11-13(2)3)12-15-9-10-16-4/h13-15H,5-12H2,1-4H3. The van der Waals surface area contributed by atoms with Crippen molar-refractivity contribution in [2.24, 2.45) is 11.8 Å². The molecule has 2 heteroatoms. The summed E-state index contributed by atoms with van der Waals surface area (Å²) in [6.45, 7) is 9.88.